The SMILES string of the molecule is C/C=C/C=NC=C(C)C.CCC. The summed E-state index contributed by atoms with van der Waals surface area (Å²) in [6, 6.07) is 0. The molecule has 0 saturated carbocycles. The van der Waals surface area contributed by atoms with Gasteiger partial charge in [0, 0.05) is 12.4 Å². The zero-order valence-electron chi connectivity index (χ0n) is 8.96. The Morgan fingerprint density at radius 1 is 1.25 bits per heavy atom. The molecule has 0 rings (SSSR count). The van der Waals surface area contributed by atoms with E-state index in [2.05, 4.69) is 18.8 Å². The Bertz CT molecular complexity index is 148. The predicted molar refractivity (Wildman–Crippen MR) is 58.7 cm³/mol. The van der Waals surface area contributed by atoms with Crippen LogP contribution < -0.4 is 0 Å². The zero-order chi connectivity index (χ0) is 9.82. The van der Waals surface area contributed by atoms with Gasteiger partial charge in [0.15, 0.2) is 0 Å². The maximum atomic E-state index is 3.99. The molecule has 0 unspecified atom stereocenters. The van der Waals surface area contributed by atoms with Gasteiger partial charge in [0.25, 0.3) is 0 Å². The summed E-state index contributed by atoms with van der Waals surface area (Å²) in [4.78, 5) is 3.99. The van der Waals surface area contributed by atoms with Crippen LogP contribution in [0.3, 0.4) is 0 Å². The Morgan fingerprint density at radius 2 is 1.75 bits per heavy atom. The third-order valence-corrected chi connectivity index (χ3v) is 0.697. The van der Waals surface area contributed by atoms with Crippen LogP contribution in [0.4, 0.5) is 0 Å². The molecule has 1 heteroatoms. The van der Waals surface area contributed by atoms with Crippen LogP contribution in [0.5, 0.6) is 0 Å². The van der Waals surface area contributed by atoms with Crippen molar-refractivity contribution in [3.63, 3.8) is 0 Å². The van der Waals surface area contributed by atoms with Gasteiger partial charge < -0.3 is 0 Å². The maximum absolute atomic E-state index is 3.99. The average molecular weight is 167 g/mol. The fourth-order valence-corrected chi connectivity index (χ4v) is 0.328. The Morgan fingerprint density at radius 3 is 2.08 bits per heavy atom. The Labute approximate surface area is 76.9 Å². The number of aliphatic imine (C=N–C) groups is 1. The van der Waals surface area contributed by atoms with Gasteiger partial charge in [-0.3, -0.25) is 4.99 Å². The van der Waals surface area contributed by atoms with E-state index in [1.807, 2.05) is 39.1 Å². The minimum Gasteiger partial charge on any atom is -0.265 e. The highest BCUT2D eigenvalue weighted by Gasteiger charge is 1.67. The van der Waals surface area contributed by atoms with Gasteiger partial charge in [-0.25, -0.2) is 0 Å². The Balaban J connectivity index is 0. The number of rotatable bonds is 2. The third kappa shape index (κ3) is 22.9. The molecule has 12 heavy (non-hydrogen) atoms. The number of allylic oxidation sites excluding steroid dienone is 3. The summed E-state index contributed by atoms with van der Waals surface area (Å²) >= 11 is 0. The lowest BCUT2D eigenvalue weighted by atomic mass is 10.4. The normalized spacial score (nSPS) is 9.75. The van der Waals surface area contributed by atoms with E-state index < -0.39 is 0 Å². The summed E-state index contributed by atoms with van der Waals surface area (Å²) in [6.07, 6.45) is 8.70. The van der Waals surface area contributed by atoms with E-state index in [9.17, 15) is 0 Å². The van der Waals surface area contributed by atoms with Gasteiger partial charge in [-0.2, -0.15) is 0 Å². The van der Waals surface area contributed by atoms with Crippen molar-refractivity contribution in [3.8, 4) is 0 Å². The molecular weight excluding hydrogens is 146 g/mol. The fourth-order valence-electron chi connectivity index (χ4n) is 0.328. The molecule has 0 bridgehead atoms. The lowest BCUT2D eigenvalue weighted by molar-refractivity contribution is 1.09. The summed E-state index contributed by atoms with van der Waals surface area (Å²) in [5, 5.41) is 0. The molecule has 0 aromatic heterocycles. The molecule has 0 heterocycles. The van der Waals surface area contributed by atoms with E-state index in [-0.39, 0.29) is 0 Å². The molecule has 0 spiro atoms. The molecule has 0 amide bonds. The van der Waals surface area contributed by atoms with E-state index in [0.717, 1.165) is 0 Å². The zero-order valence-corrected chi connectivity index (χ0v) is 8.96. The topological polar surface area (TPSA) is 12.4 Å². The molecule has 0 aromatic carbocycles. The molecule has 0 aliphatic rings. The molecule has 0 aromatic rings. The molecule has 0 aliphatic heterocycles. The van der Waals surface area contributed by atoms with Crippen molar-refractivity contribution in [3.05, 3.63) is 23.9 Å². The van der Waals surface area contributed by atoms with Gasteiger partial charge in [-0.05, 0) is 26.8 Å². The van der Waals surface area contributed by atoms with Crippen molar-refractivity contribution in [1.29, 1.82) is 0 Å². The van der Waals surface area contributed by atoms with Gasteiger partial charge in [-0.1, -0.05) is 31.9 Å². The van der Waals surface area contributed by atoms with E-state index in [0.29, 0.717) is 0 Å². The van der Waals surface area contributed by atoms with E-state index >= 15 is 0 Å². The molecule has 70 valence electrons. The van der Waals surface area contributed by atoms with Crippen molar-refractivity contribution in [2.45, 2.75) is 41.0 Å². The van der Waals surface area contributed by atoms with Crippen molar-refractivity contribution >= 4 is 6.21 Å². The second kappa shape index (κ2) is 12.8. The minimum absolute atomic E-state index is 1.22. The molecule has 0 radical (unpaired) electrons. The quantitative estimate of drug-likeness (QED) is 0.552. The molecular formula is C11H21N. The van der Waals surface area contributed by atoms with Crippen molar-refractivity contribution in [2.75, 3.05) is 0 Å². The summed E-state index contributed by atoms with van der Waals surface area (Å²) in [6.45, 7) is 10.3. The first kappa shape index (κ1) is 13.7. The van der Waals surface area contributed by atoms with Gasteiger partial charge in [0.2, 0.25) is 0 Å². The van der Waals surface area contributed by atoms with Gasteiger partial charge in [0.05, 0.1) is 0 Å². The Hall–Kier alpha value is -0.850. The highest BCUT2D eigenvalue weighted by molar-refractivity contribution is 5.71. The van der Waals surface area contributed by atoms with E-state index in [1.165, 1.54) is 12.0 Å². The molecule has 0 aliphatic carbocycles. The van der Waals surface area contributed by atoms with Crippen LogP contribution in [-0.2, 0) is 0 Å². The van der Waals surface area contributed by atoms with Crippen LogP contribution in [0, 0.1) is 0 Å². The lowest BCUT2D eigenvalue weighted by Crippen LogP contribution is -1.62. The van der Waals surface area contributed by atoms with Crippen LogP contribution in [0.1, 0.15) is 41.0 Å². The molecule has 1 nitrogen and oxygen atoms in total. The minimum atomic E-state index is 1.22. The lowest BCUT2D eigenvalue weighted by Gasteiger charge is -1.79. The first-order valence-electron chi connectivity index (χ1n) is 4.46. The molecule has 0 N–H and O–H groups in total. The first-order valence-corrected chi connectivity index (χ1v) is 4.46. The summed E-state index contributed by atoms with van der Waals surface area (Å²) in [5.41, 5.74) is 1.22. The molecule has 0 fully saturated rings. The highest BCUT2D eigenvalue weighted by atomic mass is 14.7. The van der Waals surface area contributed by atoms with Crippen molar-refractivity contribution < 1.29 is 0 Å². The first-order chi connectivity index (χ1) is 5.68. The molecule has 0 saturated heterocycles. The largest absolute Gasteiger partial charge is 0.265 e. The van der Waals surface area contributed by atoms with Crippen LogP contribution in [0.2, 0.25) is 0 Å². The van der Waals surface area contributed by atoms with E-state index in [1.54, 1.807) is 6.21 Å². The smallest absolute Gasteiger partial charge is 0.0264 e. The summed E-state index contributed by atoms with van der Waals surface area (Å²) < 4.78 is 0. The average Bonchev–Trinajstić information content (AvgIpc) is 1.99. The maximum Gasteiger partial charge on any atom is 0.0264 e. The van der Waals surface area contributed by atoms with E-state index in [4.69, 9.17) is 0 Å². The summed E-state index contributed by atoms with van der Waals surface area (Å²) in [5.74, 6) is 0. The van der Waals surface area contributed by atoms with Gasteiger partial charge in [-0.15, -0.1) is 0 Å². The third-order valence-electron chi connectivity index (χ3n) is 0.697. The summed E-state index contributed by atoms with van der Waals surface area (Å²) in [7, 11) is 0. The standard InChI is InChI=1S/C8H13N.C3H8/c1-4-5-6-9-7-8(2)3;1-3-2/h4-7H,1-3H3;3H2,1-2H3/b5-4+,9-6?;. The highest BCUT2D eigenvalue weighted by Crippen LogP contribution is 1.86. The van der Waals surface area contributed by atoms with Gasteiger partial charge in [0.1, 0.15) is 0 Å². The number of hydrogen-bond acceptors (Lipinski definition) is 1. The van der Waals surface area contributed by atoms with Crippen LogP contribution in [0.15, 0.2) is 28.9 Å². The monoisotopic (exact) mass is 167 g/mol. The fraction of sp³-hybridized carbons (Fsp3) is 0.545. The van der Waals surface area contributed by atoms with Crippen molar-refractivity contribution in [2.24, 2.45) is 4.99 Å². The number of nitrogens with zero attached hydrogens (tertiary/aromatic N) is 1. The van der Waals surface area contributed by atoms with Crippen molar-refractivity contribution in [1.82, 2.24) is 0 Å². The van der Waals surface area contributed by atoms with Crippen LogP contribution >= 0.6 is 0 Å². The van der Waals surface area contributed by atoms with Gasteiger partial charge >= 0.3 is 0 Å². The number of hydrogen-bond donors (Lipinski definition) is 0. The van der Waals surface area contributed by atoms with Crippen LogP contribution in [0.25, 0.3) is 0 Å². The second-order valence-corrected chi connectivity index (χ2v) is 2.74. The molecule has 0 atom stereocenters. The van der Waals surface area contributed by atoms with Crippen LogP contribution in [-0.4, -0.2) is 6.21 Å². The Kier molecular flexibility index (Phi) is 14.6. The second-order valence-electron chi connectivity index (χ2n) is 2.74. The predicted octanol–water partition coefficient (Wildman–Crippen LogP) is 3.97.